The van der Waals surface area contributed by atoms with E-state index >= 15 is 0 Å². The summed E-state index contributed by atoms with van der Waals surface area (Å²) in [6.45, 7) is 11.9. The first-order valence-corrected chi connectivity index (χ1v) is 9.19. The molecule has 0 aliphatic rings. The van der Waals surface area contributed by atoms with Crippen LogP contribution in [-0.4, -0.2) is 41.8 Å². The van der Waals surface area contributed by atoms with Gasteiger partial charge in [0, 0.05) is 0 Å². The van der Waals surface area contributed by atoms with E-state index in [1.807, 2.05) is 0 Å². The van der Waals surface area contributed by atoms with Crippen LogP contribution in [0.4, 0.5) is 0 Å². The van der Waals surface area contributed by atoms with Gasteiger partial charge in [-0.2, -0.15) is 0 Å². The number of carboxylic acid groups (broad SMARTS) is 2. The molecule has 148 valence electrons. The van der Waals surface area contributed by atoms with E-state index in [1.54, 1.807) is 0 Å². The molecule has 6 heteroatoms. The van der Waals surface area contributed by atoms with Crippen LogP contribution in [0.3, 0.4) is 0 Å². The van der Waals surface area contributed by atoms with E-state index in [1.165, 1.54) is 30.4 Å². The van der Waals surface area contributed by atoms with Crippen LogP contribution in [0.2, 0.25) is 0 Å². The Labute approximate surface area is 156 Å². The van der Waals surface area contributed by atoms with Crippen LogP contribution >= 0.6 is 0 Å². The van der Waals surface area contributed by atoms with E-state index in [9.17, 15) is 0 Å². The summed E-state index contributed by atoms with van der Waals surface area (Å²) in [5.74, 6) is -2.06. The third-order valence-electron chi connectivity index (χ3n) is 3.77. The summed E-state index contributed by atoms with van der Waals surface area (Å²) in [4.78, 5) is 18.2. The Balaban J connectivity index is 0.000000896. The highest BCUT2D eigenvalue weighted by Crippen LogP contribution is 2.23. The molecule has 0 unspecified atom stereocenters. The molecular formula is C20H33NO5. The minimum absolute atomic E-state index is 0.582. The average molecular weight is 367 g/mol. The second-order valence-electron chi connectivity index (χ2n) is 6.44. The van der Waals surface area contributed by atoms with E-state index in [-0.39, 0.29) is 0 Å². The highest BCUT2D eigenvalue weighted by atomic mass is 16.5. The molecule has 1 aromatic rings. The number of carboxylic acids is 2. The van der Waals surface area contributed by atoms with Gasteiger partial charge in [-0.1, -0.05) is 33.3 Å². The Hall–Kier alpha value is -2.08. The largest absolute Gasteiger partial charge is 0.494 e. The fraction of sp³-hybridized carbons (Fsp3) is 0.600. The molecule has 0 saturated heterocycles. The van der Waals surface area contributed by atoms with Crippen molar-refractivity contribution < 1.29 is 24.5 Å². The number of rotatable bonds is 10. The molecule has 3 N–H and O–H groups in total. The molecule has 0 saturated carbocycles. The van der Waals surface area contributed by atoms with Crippen LogP contribution in [0.5, 0.6) is 5.75 Å². The second kappa shape index (κ2) is 14.1. The van der Waals surface area contributed by atoms with Gasteiger partial charge < -0.3 is 20.3 Å². The standard InChI is InChI=1S/C18H31NO.C2H2O4/c1-5-6-11-19-12-7-8-13-20-17-9-10-18(15(2)3)16(4)14-17;3-1(4)2(5)6/h9-10,14-15,19H,5-8,11-13H2,1-4H3;(H,3,4)(H,5,6). The topological polar surface area (TPSA) is 95.9 Å². The van der Waals surface area contributed by atoms with Gasteiger partial charge in [0.1, 0.15) is 5.75 Å². The molecule has 0 aromatic heterocycles. The molecule has 0 aliphatic heterocycles. The van der Waals surface area contributed by atoms with Gasteiger partial charge in [0.15, 0.2) is 0 Å². The van der Waals surface area contributed by atoms with Crippen LogP contribution in [0.25, 0.3) is 0 Å². The number of nitrogens with one attached hydrogen (secondary N) is 1. The minimum Gasteiger partial charge on any atom is -0.494 e. The SMILES string of the molecule is CCCCNCCCCOc1ccc(C(C)C)c(C)c1.O=C(O)C(=O)O. The Bertz CT molecular complexity index is 531. The minimum atomic E-state index is -1.82. The number of benzene rings is 1. The molecule has 0 bridgehead atoms. The van der Waals surface area contributed by atoms with E-state index in [4.69, 9.17) is 24.5 Å². The number of hydrogen-bond donors (Lipinski definition) is 3. The number of hydrogen-bond acceptors (Lipinski definition) is 4. The van der Waals surface area contributed by atoms with Gasteiger partial charge in [0.2, 0.25) is 0 Å². The van der Waals surface area contributed by atoms with Crippen LogP contribution < -0.4 is 10.1 Å². The molecule has 0 amide bonds. The van der Waals surface area contributed by atoms with Crippen molar-refractivity contribution in [2.45, 2.75) is 59.3 Å². The molecule has 6 nitrogen and oxygen atoms in total. The zero-order valence-electron chi connectivity index (χ0n) is 16.4. The lowest BCUT2D eigenvalue weighted by Crippen LogP contribution is -2.17. The highest BCUT2D eigenvalue weighted by molar-refractivity contribution is 6.27. The first kappa shape index (κ1) is 23.9. The average Bonchev–Trinajstić information content (AvgIpc) is 2.57. The fourth-order valence-corrected chi connectivity index (χ4v) is 2.35. The molecule has 0 atom stereocenters. The quantitative estimate of drug-likeness (QED) is 0.430. The normalized spacial score (nSPS) is 10.2. The number of unbranched alkanes of at least 4 members (excludes halogenated alkanes) is 2. The van der Waals surface area contributed by atoms with E-state index in [0.717, 1.165) is 31.9 Å². The Morgan fingerprint density at radius 2 is 1.69 bits per heavy atom. The van der Waals surface area contributed by atoms with E-state index in [0.29, 0.717) is 5.92 Å². The molecule has 1 aromatic carbocycles. The maximum Gasteiger partial charge on any atom is 0.414 e. The van der Waals surface area contributed by atoms with Crippen LogP contribution in [0.1, 0.15) is 63.5 Å². The zero-order valence-corrected chi connectivity index (χ0v) is 16.4. The Morgan fingerprint density at radius 1 is 1.08 bits per heavy atom. The summed E-state index contributed by atoms with van der Waals surface area (Å²) >= 11 is 0. The van der Waals surface area contributed by atoms with Crippen molar-refractivity contribution in [3.8, 4) is 5.75 Å². The van der Waals surface area contributed by atoms with Crippen LogP contribution in [0, 0.1) is 6.92 Å². The molecule has 0 radical (unpaired) electrons. The maximum absolute atomic E-state index is 9.10. The third kappa shape index (κ3) is 11.5. The van der Waals surface area contributed by atoms with Crippen molar-refractivity contribution in [2.24, 2.45) is 0 Å². The molecule has 1 rings (SSSR count). The summed E-state index contributed by atoms with van der Waals surface area (Å²) in [6, 6.07) is 6.46. The second-order valence-corrected chi connectivity index (χ2v) is 6.44. The third-order valence-corrected chi connectivity index (χ3v) is 3.77. The Kier molecular flexibility index (Phi) is 13.0. The first-order valence-electron chi connectivity index (χ1n) is 9.19. The molecule has 0 aliphatic carbocycles. The summed E-state index contributed by atoms with van der Waals surface area (Å²) in [6.07, 6.45) is 4.84. The van der Waals surface area contributed by atoms with Gasteiger partial charge in [-0.25, -0.2) is 9.59 Å². The zero-order chi connectivity index (χ0) is 19.9. The molecule has 26 heavy (non-hydrogen) atoms. The summed E-state index contributed by atoms with van der Waals surface area (Å²) in [5.41, 5.74) is 2.75. The maximum atomic E-state index is 9.10. The number of carbonyl (C=O) groups is 2. The van der Waals surface area contributed by atoms with Crippen molar-refractivity contribution in [1.82, 2.24) is 5.32 Å². The number of ether oxygens (including phenoxy) is 1. The van der Waals surface area contributed by atoms with Crippen LogP contribution in [0.15, 0.2) is 18.2 Å². The monoisotopic (exact) mass is 367 g/mol. The van der Waals surface area contributed by atoms with Gasteiger partial charge in [0.25, 0.3) is 0 Å². The van der Waals surface area contributed by atoms with Gasteiger partial charge in [-0.05, 0) is 68.5 Å². The van der Waals surface area contributed by atoms with Crippen molar-refractivity contribution in [2.75, 3.05) is 19.7 Å². The summed E-state index contributed by atoms with van der Waals surface area (Å²) < 4.78 is 5.82. The van der Waals surface area contributed by atoms with E-state index in [2.05, 4.69) is 51.2 Å². The lowest BCUT2D eigenvalue weighted by molar-refractivity contribution is -0.159. The lowest BCUT2D eigenvalue weighted by atomic mass is 9.98. The molecular weight excluding hydrogens is 334 g/mol. The highest BCUT2D eigenvalue weighted by Gasteiger charge is 2.05. The predicted molar refractivity (Wildman–Crippen MR) is 103 cm³/mol. The molecule has 0 spiro atoms. The Morgan fingerprint density at radius 3 is 2.19 bits per heavy atom. The first-order chi connectivity index (χ1) is 12.3. The van der Waals surface area contributed by atoms with Crippen molar-refractivity contribution >= 4 is 11.9 Å². The fourth-order valence-electron chi connectivity index (χ4n) is 2.35. The van der Waals surface area contributed by atoms with Gasteiger partial charge >= 0.3 is 11.9 Å². The van der Waals surface area contributed by atoms with Crippen molar-refractivity contribution in [3.63, 3.8) is 0 Å². The molecule has 0 heterocycles. The van der Waals surface area contributed by atoms with Crippen molar-refractivity contribution in [3.05, 3.63) is 29.3 Å². The van der Waals surface area contributed by atoms with E-state index < -0.39 is 11.9 Å². The van der Waals surface area contributed by atoms with Crippen LogP contribution in [-0.2, 0) is 9.59 Å². The smallest absolute Gasteiger partial charge is 0.414 e. The van der Waals surface area contributed by atoms with Crippen molar-refractivity contribution in [1.29, 1.82) is 0 Å². The summed E-state index contributed by atoms with van der Waals surface area (Å²) in [7, 11) is 0. The van der Waals surface area contributed by atoms with Gasteiger partial charge in [-0.15, -0.1) is 0 Å². The lowest BCUT2D eigenvalue weighted by Gasteiger charge is -2.12. The van der Waals surface area contributed by atoms with Gasteiger partial charge in [-0.3, -0.25) is 0 Å². The summed E-state index contributed by atoms with van der Waals surface area (Å²) in [5, 5.41) is 18.2. The number of aliphatic carboxylic acids is 2. The van der Waals surface area contributed by atoms with Gasteiger partial charge in [0.05, 0.1) is 6.61 Å². The number of aryl methyl sites for hydroxylation is 1. The predicted octanol–water partition coefficient (Wildman–Crippen LogP) is 3.82. The molecule has 0 fully saturated rings.